The van der Waals surface area contributed by atoms with Gasteiger partial charge < -0.3 is 20.3 Å². The van der Waals surface area contributed by atoms with Crippen LogP contribution < -0.4 is 15.4 Å². The molecule has 1 fully saturated rings. The van der Waals surface area contributed by atoms with Crippen molar-refractivity contribution in [3.05, 3.63) is 42.4 Å². The van der Waals surface area contributed by atoms with E-state index in [1.54, 1.807) is 19.5 Å². The van der Waals surface area contributed by atoms with Crippen LogP contribution in [0.3, 0.4) is 0 Å². The lowest BCUT2D eigenvalue weighted by Crippen LogP contribution is -2.51. The van der Waals surface area contributed by atoms with E-state index < -0.39 is 0 Å². The van der Waals surface area contributed by atoms with Crippen molar-refractivity contribution in [1.29, 1.82) is 0 Å². The van der Waals surface area contributed by atoms with Crippen molar-refractivity contribution in [2.45, 2.75) is 6.42 Å². The number of aliphatic imine (C=N–C) groups is 1. The van der Waals surface area contributed by atoms with E-state index in [1.165, 1.54) is 0 Å². The molecule has 0 bridgehead atoms. The average molecular weight is 341 g/mol. The third kappa shape index (κ3) is 4.56. The first kappa shape index (κ1) is 16.9. The van der Waals surface area contributed by atoms with Crippen molar-refractivity contribution in [2.75, 3.05) is 44.7 Å². The van der Waals surface area contributed by atoms with E-state index in [-0.39, 0.29) is 0 Å². The van der Waals surface area contributed by atoms with Crippen LogP contribution in [0.1, 0.15) is 5.69 Å². The van der Waals surface area contributed by atoms with Crippen molar-refractivity contribution < 1.29 is 4.74 Å². The largest absolute Gasteiger partial charge is 0.481 e. The molecule has 0 amide bonds. The molecule has 0 radical (unpaired) electrons. The van der Waals surface area contributed by atoms with Crippen LogP contribution in [0, 0.1) is 0 Å². The minimum absolute atomic E-state index is 0.580. The number of nitrogens with two attached hydrogens (primary N) is 1. The minimum Gasteiger partial charge on any atom is -0.481 e. The molecule has 2 aromatic rings. The number of anilines is 1. The number of aromatic nitrogens is 3. The fourth-order valence-corrected chi connectivity index (χ4v) is 2.69. The fraction of sp³-hybridized carbons (Fsp3) is 0.412. The van der Waals surface area contributed by atoms with Gasteiger partial charge in [0, 0.05) is 63.3 Å². The smallest absolute Gasteiger partial charge is 0.225 e. The summed E-state index contributed by atoms with van der Waals surface area (Å²) >= 11 is 0. The van der Waals surface area contributed by atoms with Crippen LogP contribution in [0.15, 0.2) is 41.7 Å². The molecule has 3 rings (SSSR count). The third-order valence-corrected chi connectivity index (χ3v) is 4.07. The molecule has 2 aromatic heterocycles. The second-order valence-corrected chi connectivity index (χ2v) is 5.68. The van der Waals surface area contributed by atoms with Crippen LogP contribution in [0.25, 0.3) is 0 Å². The van der Waals surface area contributed by atoms with E-state index in [4.69, 9.17) is 10.5 Å². The van der Waals surface area contributed by atoms with Crippen LogP contribution in [-0.2, 0) is 6.42 Å². The number of piperazine rings is 1. The first-order chi connectivity index (χ1) is 12.3. The Labute approximate surface area is 147 Å². The number of hydrogen-bond donors (Lipinski definition) is 1. The maximum Gasteiger partial charge on any atom is 0.225 e. The molecule has 2 N–H and O–H groups in total. The number of guanidine groups is 1. The van der Waals surface area contributed by atoms with Crippen LogP contribution in [0.4, 0.5) is 5.95 Å². The summed E-state index contributed by atoms with van der Waals surface area (Å²) in [5.74, 6) is 1.96. The van der Waals surface area contributed by atoms with E-state index in [0.29, 0.717) is 18.4 Å². The lowest BCUT2D eigenvalue weighted by atomic mass is 10.3. The number of ether oxygens (including phenoxy) is 1. The van der Waals surface area contributed by atoms with Crippen molar-refractivity contribution in [1.82, 2.24) is 19.9 Å². The van der Waals surface area contributed by atoms with Crippen molar-refractivity contribution >= 4 is 11.9 Å². The Morgan fingerprint density at radius 1 is 1.16 bits per heavy atom. The highest BCUT2D eigenvalue weighted by Gasteiger charge is 2.19. The standard InChI is InChI=1S/C17H23N7O/c1-25-15-5-2-4-14(22-15)6-9-19-16(18)23-10-12-24(13-11-23)17-20-7-3-8-21-17/h2-5,7-8H,6,9-13H2,1H3,(H2,18,19). The summed E-state index contributed by atoms with van der Waals surface area (Å²) in [5, 5.41) is 0. The van der Waals surface area contributed by atoms with Gasteiger partial charge in [0.25, 0.3) is 0 Å². The van der Waals surface area contributed by atoms with Gasteiger partial charge in [-0.25, -0.2) is 15.0 Å². The Kier molecular flexibility index (Phi) is 5.61. The zero-order chi connectivity index (χ0) is 17.5. The summed E-state index contributed by atoms with van der Waals surface area (Å²) in [6.07, 6.45) is 4.25. The van der Waals surface area contributed by atoms with E-state index in [9.17, 15) is 0 Å². The molecule has 25 heavy (non-hydrogen) atoms. The molecule has 0 aliphatic carbocycles. The number of methoxy groups -OCH3 is 1. The Bertz CT molecular complexity index is 699. The Hall–Kier alpha value is -2.90. The Morgan fingerprint density at radius 2 is 1.92 bits per heavy atom. The van der Waals surface area contributed by atoms with E-state index in [0.717, 1.165) is 44.2 Å². The lowest BCUT2D eigenvalue weighted by Gasteiger charge is -2.35. The summed E-state index contributed by atoms with van der Waals surface area (Å²) in [6, 6.07) is 7.55. The molecule has 1 saturated heterocycles. The van der Waals surface area contributed by atoms with Gasteiger partial charge in [-0.05, 0) is 12.1 Å². The zero-order valence-electron chi connectivity index (χ0n) is 14.4. The SMILES string of the molecule is COc1cccc(CCN=C(N)N2CCN(c3ncccn3)CC2)n1. The lowest BCUT2D eigenvalue weighted by molar-refractivity contribution is 0.378. The Morgan fingerprint density at radius 3 is 2.64 bits per heavy atom. The molecule has 0 atom stereocenters. The molecule has 1 aliphatic heterocycles. The highest BCUT2D eigenvalue weighted by Crippen LogP contribution is 2.10. The van der Waals surface area contributed by atoms with Gasteiger partial charge in [-0.2, -0.15) is 0 Å². The molecule has 0 saturated carbocycles. The first-order valence-corrected chi connectivity index (χ1v) is 8.33. The maximum absolute atomic E-state index is 6.13. The third-order valence-electron chi connectivity index (χ3n) is 4.07. The second-order valence-electron chi connectivity index (χ2n) is 5.68. The summed E-state index contributed by atoms with van der Waals surface area (Å²) in [5.41, 5.74) is 7.08. The van der Waals surface area contributed by atoms with Crippen LogP contribution >= 0.6 is 0 Å². The van der Waals surface area contributed by atoms with E-state index in [1.807, 2.05) is 24.3 Å². The van der Waals surface area contributed by atoms with Crippen LogP contribution in [0.2, 0.25) is 0 Å². The molecule has 8 heteroatoms. The highest BCUT2D eigenvalue weighted by atomic mass is 16.5. The molecule has 0 spiro atoms. The monoisotopic (exact) mass is 341 g/mol. The van der Waals surface area contributed by atoms with E-state index >= 15 is 0 Å². The highest BCUT2D eigenvalue weighted by molar-refractivity contribution is 5.78. The summed E-state index contributed by atoms with van der Waals surface area (Å²) in [7, 11) is 1.61. The Balaban J connectivity index is 1.48. The van der Waals surface area contributed by atoms with Gasteiger partial charge in [0.2, 0.25) is 11.8 Å². The second kappa shape index (κ2) is 8.27. The molecular weight excluding hydrogens is 318 g/mol. The van der Waals surface area contributed by atoms with Crippen molar-refractivity contribution in [3.63, 3.8) is 0 Å². The van der Waals surface area contributed by atoms with Gasteiger partial charge in [0.1, 0.15) is 0 Å². The summed E-state index contributed by atoms with van der Waals surface area (Å²) < 4.78 is 5.13. The summed E-state index contributed by atoms with van der Waals surface area (Å²) in [6.45, 7) is 3.89. The van der Waals surface area contributed by atoms with Gasteiger partial charge in [0.15, 0.2) is 5.96 Å². The first-order valence-electron chi connectivity index (χ1n) is 8.33. The topological polar surface area (TPSA) is 92.8 Å². The summed E-state index contributed by atoms with van der Waals surface area (Å²) in [4.78, 5) is 21.7. The minimum atomic E-state index is 0.580. The predicted octanol–water partition coefficient (Wildman–Crippen LogP) is 0.560. The number of pyridine rings is 1. The van der Waals surface area contributed by atoms with Gasteiger partial charge in [-0.1, -0.05) is 6.07 Å². The molecule has 132 valence electrons. The number of nitrogens with zero attached hydrogens (tertiary/aromatic N) is 6. The van der Waals surface area contributed by atoms with Crippen LogP contribution in [0.5, 0.6) is 5.88 Å². The van der Waals surface area contributed by atoms with E-state index in [2.05, 4.69) is 29.7 Å². The molecule has 0 unspecified atom stereocenters. The van der Waals surface area contributed by atoms with Gasteiger partial charge in [-0.15, -0.1) is 0 Å². The van der Waals surface area contributed by atoms with Crippen molar-refractivity contribution in [2.24, 2.45) is 10.7 Å². The normalized spacial score (nSPS) is 15.3. The van der Waals surface area contributed by atoms with Gasteiger partial charge in [0.05, 0.1) is 7.11 Å². The van der Waals surface area contributed by atoms with Gasteiger partial charge in [-0.3, -0.25) is 4.99 Å². The van der Waals surface area contributed by atoms with Crippen LogP contribution in [-0.4, -0.2) is 65.6 Å². The molecule has 1 aliphatic rings. The quantitative estimate of drug-likeness (QED) is 0.627. The predicted molar refractivity (Wildman–Crippen MR) is 96.8 cm³/mol. The zero-order valence-corrected chi connectivity index (χ0v) is 14.4. The van der Waals surface area contributed by atoms with Crippen molar-refractivity contribution in [3.8, 4) is 5.88 Å². The molecule has 0 aromatic carbocycles. The average Bonchev–Trinajstić information content (AvgIpc) is 2.69. The number of hydrogen-bond acceptors (Lipinski definition) is 6. The number of rotatable bonds is 5. The maximum atomic E-state index is 6.13. The van der Waals surface area contributed by atoms with Gasteiger partial charge >= 0.3 is 0 Å². The molecular formula is C17H23N7O. The fourth-order valence-electron chi connectivity index (χ4n) is 2.69. The molecule has 8 nitrogen and oxygen atoms in total. The molecule has 3 heterocycles.